The van der Waals surface area contributed by atoms with Crippen molar-refractivity contribution in [3.63, 3.8) is 0 Å². The summed E-state index contributed by atoms with van der Waals surface area (Å²) in [5, 5.41) is 2.82. The van der Waals surface area contributed by atoms with Crippen LogP contribution in [0.4, 0.5) is 0 Å². The van der Waals surface area contributed by atoms with Gasteiger partial charge < -0.3 is 16.8 Å². The summed E-state index contributed by atoms with van der Waals surface area (Å²) in [6.07, 6.45) is 0. The quantitative estimate of drug-likeness (QED) is 0.446. The van der Waals surface area contributed by atoms with Crippen molar-refractivity contribution < 1.29 is 4.79 Å². The van der Waals surface area contributed by atoms with Crippen molar-refractivity contribution >= 4 is 11.9 Å². The Kier molecular flexibility index (Phi) is 5.74. The lowest BCUT2D eigenvalue weighted by atomic mass is 10.0. The summed E-state index contributed by atoms with van der Waals surface area (Å²) < 4.78 is 0. The van der Waals surface area contributed by atoms with Gasteiger partial charge in [0.2, 0.25) is 5.91 Å². The zero-order valence-corrected chi connectivity index (χ0v) is 9.95. The number of guanidine groups is 1. The summed E-state index contributed by atoms with van der Waals surface area (Å²) in [4.78, 5) is 15.2. The van der Waals surface area contributed by atoms with Gasteiger partial charge >= 0.3 is 0 Å². The van der Waals surface area contributed by atoms with E-state index in [0.717, 1.165) is 0 Å². The molecular weight excluding hydrogens is 192 g/mol. The Balaban J connectivity index is 4.29. The molecule has 0 saturated carbocycles. The fourth-order valence-electron chi connectivity index (χ4n) is 1.05. The number of aliphatic imine (C=N–C) groups is 1. The first kappa shape index (κ1) is 13.7. The van der Waals surface area contributed by atoms with Crippen LogP contribution < -0.4 is 16.8 Å². The fraction of sp³-hybridized carbons (Fsp3) is 0.800. The van der Waals surface area contributed by atoms with Crippen molar-refractivity contribution in [3.05, 3.63) is 0 Å². The van der Waals surface area contributed by atoms with Crippen molar-refractivity contribution in [1.82, 2.24) is 5.32 Å². The summed E-state index contributed by atoms with van der Waals surface area (Å²) in [5.41, 5.74) is 10.9. The van der Waals surface area contributed by atoms with E-state index in [0.29, 0.717) is 12.5 Å². The van der Waals surface area contributed by atoms with Crippen LogP contribution in [0.5, 0.6) is 0 Å². The van der Waals surface area contributed by atoms with Gasteiger partial charge in [-0.1, -0.05) is 27.7 Å². The van der Waals surface area contributed by atoms with Crippen LogP contribution in [0, 0.1) is 11.8 Å². The molecule has 88 valence electrons. The van der Waals surface area contributed by atoms with Gasteiger partial charge in [-0.2, -0.15) is 0 Å². The van der Waals surface area contributed by atoms with Crippen LogP contribution >= 0.6 is 0 Å². The molecule has 0 rings (SSSR count). The van der Waals surface area contributed by atoms with E-state index in [9.17, 15) is 4.79 Å². The molecule has 5 heteroatoms. The van der Waals surface area contributed by atoms with E-state index in [1.165, 1.54) is 0 Å². The molecule has 0 saturated heterocycles. The Morgan fingerprint density at radius 3 is 2.13 bits per heavy atom. The molecular formula is C10H22N4O. The second-order valence-electron chi connectivity index (χ2n) is 4.39. The molecule has 0 bridgehead atoms. The molecule has 0 aromatic rings. The minimum atomic E-state index is -0.457. The van der Waals surface area contributed by atoms with Gasteiger partial charge in [-0.25, -0.2) is 0 Å². The van der Waals surface area contributed by atoms with Gasteiger partial charge in [0, 0.05) is 6.54 Å². The molecule has 0 aliphatic carbocycles. The minimum absolute atomic E-state index is 0.0929. The lowest BCUT2D eigenvalue weighted by molar-refractivity contribution is -0.120. The number of carbonyl (C=O) groups is 1. The molecule has 15 heavy (non-hydrogen) atoms. The Morgan fingerprint density at radius 1 is 1.27 bits per heavy atom. The number of rotatable bonds is 5. The van der Waals surface area contributed by atoms with E-state index in [-0.39, 0.29) is 11.9 Å². The highest BCUT2D eigenvalue weighted by Crippen LogP contribution is 2.00. The molecule has 0 spiro atoms. The molecule has 0 aromatic carbocycles. The van der Waals surface area contributed by atoms with E-state index in [4.69, 9.17) is 11.5 Å². The van der Waals surface area contributed by atoms with E-state index >= 15 is 0 Å². The van der Waals surface area contributed by atoms with Crippen molar-refractivity contribution in [2.45, 2.75) is 33.7 Å². The first-order valence-electron chi connectivity index (χ1n) is 5.20. The first-order valence-corrected chi connectivity index (χ1v) is 5.20. The summed E-state index contributed by atoms with van der Waals surface area (Å²) in [6, 6.07) is -0.457. The number of carbonyl (C=O) groups excluding carboxylic acids is 1. The van der Waals surface area contributed by atoms with Crippen LogP contribution in [0.25, 0.3) is 0 Å². The molecule has 0 aliphatic heterocycles. The average Bonchev–Trinajstić information content (AvgIpc) is 2.09. The molecule has 5 N–H and O–H groups in total. The van der Waals surface area contributed by atoms with Crippen LogP contribution in [-0.2, 0) is 4.79 Å². The second kappa shape index (κ2) is 6.27. The van der Waals surface area contributed by atoms with Crippen molar-refractivity contribution in [2.75, 3.05) is 6.54 Å². The summed E-state index contributed by atoms with van der Waals surface area (Å²) >= 11 is 0. The molecule has 0 radical (unpaired) electrons. The number of hydrogen-bond donors (Lipinski definition) is 3. The third kappa shape index (κ3) is 5.93. The largest absolute Gasteiger partial charge is 0.370 e. The standard InChI is InChI=1S/C10H22N4O/c1-6(2)5-13-10(12)14-8(7(3)4)9(11)15/h6-8H,5H2,1-4H3,(H2,11,15)(H3,12,13,14). The van der Waals surface area contributed by atoms with E-state index < -0.39 is 11.9 Å². The monoisotopic (exact) mass is 214 g/mol. The molecule has 5 nitrogen and oxygen atoms in total. The smallest absolute Gasteiger partial charge is 0.240 e. The highest BCUT2D eigenvalue weighted by atomic mass is 16.1. The van der Waals surface area contributed by atoms with Crippen LogP contribution in [0.3, 0.4) is 0 Å². The van der Waals surface area contributed by atoms with Crippen LogP contribution in [0.15, 0.2) is 4.99 Å². The number of nitrogens with two attached hydrogens (primary N) is 2. The molecule has 1 amide bonds. The van der Waals surface area contributed by atoms with Crippen LogP contribution in [0.1, 0.15) is 27.7 Å². The van der Waals surface area contributed by atoms with Gasteiger partial charge in [0.05, 0.1) is 0 Å². The molecule has 0 aliphatic rings. The highest BCUT2D eigenvalue weighted by Gasteiger charge is 2.19. The molecule has 1 atom stereocenters. The third-order valence-electron chi connectivity index (χ3n) is 1.90. The average molecular weight is 214 g/mol. The third-order valence-corrected chi connectivity index (χ3v) is 1.90. The predicted octanol–water partition coefficient (Wildman–Crippen LogP) is 0.0566. The molecule has 0 heterocycles. The Morgan fingerprint density at radius 2 is 1.80 bits per heavy atom. The van der Waals surface area contributed by atoms with Gasteiger partial charge in [0.25, 0.3) is 0 Å². The normalized spacial score (nSPS) is 14.4. The zero-order chi connectivity index (χ0) is 12.0. The number of hydrogen-bond acceptors (Lipinski definition) is 2. The Hall–Kier alpha value is -1.26. The summed E-state index contributed by atoms with van der Waals surface area (Å²) in [5.74, 6) is 0.403. The van der Waals surface area contributed by atoms with Crippen LogP contribution in [0.2, 0.25) is 0 Å². The number of nitrogens with one attached hydrogen (secondary N) is 1. The Bertz CT molecular complexity index is 236. The predicted molar refractivity (Wildman–Crippen MR) is 62.3 cm³/mol. The van der Waals surface area contributed by atoms with E-state index in [2.05, 4.69) is 10.3 Å². The maximum atomic E-state index is 11.1. The summed E-state index contributed by atoms with van der Waals surface area (Å²) in [6.45, 7) is 8.54. The van der Waals surface area contributed by atoms with Gasteiger partial charge in [0.1, 0.15) is 6.04 Å². The lowest BCUT2D eigenvalue weighted by Gasteiger charge is -2.19. The van der Waals surface area contributed by atoms with E-state index in [1.54, 1.807) is 0 Å². The molecule has 0 aromatic heterocycles. The van der Waals surface area contributed by atoms with Gasteiger partial charge in [-0.05, 0) is 11.8 Å². The van der Waals surface area contributed by atoms with Gasteiger partial charge in [-0.15, -0.1) is 0 Å². The number of primary amides is 1. The first-order chi connectivity index (χ1) is 6.84. The van der Waals surface area contributed by atoms with E-state index in [1.807, 2.05) is 27.7 Å². The van der Waals surface area contributed by atoms with Gasteiger partial charge in [-0.3, -0.25) is 9.79 Å². The summed E-state index contributed by atoms with van der Waals surface area (Å²) in [7, 11) is 0. The van der Waals surface area contributed by atoms with Crippen molar-refractivity contribution in [2.24, 2.45) is 28.3 Å². The maximum absolute atomic E-state index is 11.1. The van der Waals surface area contributed by atoms with Crippen molar-refractivity contribution in [1.29, 1.82) is 0 Å². The van der Waals surface area contributed by atoms with Gasteiger partial charge in [0.15, 0.2) is 5.96 Å². The number of nitrogens with zero attached hydrogens (tertiary/aromatic N) is 1. The SMILES string of the molecule is CC(C)CN=C(N)NC(C(N)=O)C(C)C. The fourth-order valence-corrected chi connectivity index (χ4v) is 1.05. The molecule has 0 fully saturated rings. The highest BCUT2D eigenvalue weighted by molar-refractivity contribution is 5.87. The van der Waals surface area contributed by atoms with Crippen molar-refractivity contribution in [3.8, 4) is 0 Å². The number of amides is 1. The van der Waals surface area contributed by atoms with Crippen LogP contribution in [-0.4, -0.2) is 24.5 Å². The topological polar surface area (TPSA) is 93.5 Å². The lowest BCUT2D eigenvalue weighted by Crippen LogP contribution is -2.50. The zero-order valence-electron chi connectivity index (χ0n) is 9.95. The second-order valence-corrected chi connectivity index (χ2v) is 4.39. The molecule has 1 unspecified atom stereocenters. The maximum Gasteiger partial charge on any atom is 0.240 e. The minimum Gasteiger partial charge on any atom is -0.370 e. The Labute approximate surface area is 91.3 Å².